The van der Waals surface area contributed by atoms with Crippen LogP contribution in [0.2, 0.25) is 0 Å². The van der Waals surface area contributed by atoms with Gasteiger partial charge in [-0.1, -0.05) is 12.1 Å². The molecule has 2 amide bonds. The van der Waals surface area contributed by atoms with E-state index >= 15 is 0 Å². The van der Waals surface area contributed by atoms with E-state index in [-0.39, 0.29) is 23.5 Å². The third-order valence-corrected chi connectivity index (χ3v) is 6.51. The van der Waals surface area contributed by atoms with Gasteiger partial charge in [0.25, 0.3) is 5.91 Å². The van der Waals surface area contributed by atoms with Crippen LogP contribution in [0.25, 0.3) is 0 Å². The number of piperazine rings is 1. The molecule has 0 atom stereocenters. The highest BCUT2D eigenvalue weighted by Gasteiger charge is 2.32. The highest BCUT2D eigenvalue weighted by molar-refractivity contribution is 5.95. The number of carbonyl (C=O) groups is 2. The zero-order chi connectivity index (χ0) is 23.4. The maximum Gasteiger partial charge on any atom is 0.254 e. The fourth-order valence-corrected chi connectivity index (χ4v) is 4.58. The molecule has 0 N–H and O–H groups in total. The molecule has 4 rings (SSSR count). The summed E-state index contributed by atoms with van der Waals surface area (Å²) in [6, 6.07) is 11.9. The van der Waals surface area contributed by atoms with E-state index in [2.05, 4.69) is 0 Å². The Bertz CT molecular complexity index is 977. The molecule has 2 aliphatic heterocycles. The Labute approximate surface area is 193 Å². The Balaban J connectivity index is 1.31. The number of piperidine rings is 1. The van der Waals surface area contributed by atoms with E-state index in [1.807, 2.05) is 15.9 Å². The average Bonchev–Trinajstić information content (AvgIpc) is 2.88. The number of carbonyl (C=O) groups excluding carboxylic acids is 2. The maximum atomic E-state index is 14.1. The number of anilines is 1. The maximum absolute atomic E-state index is 14.1. The van der Waals surface area contributed by atoms with Crippen LogP contribution in [-0.4, -0.2) is 75.1 Å². The van der Waals surface area contributed by atoms with Gasteiger partial charge in [-0.15, -0.1) is 0 Å². The van der Waals surface area contributed by atoms with Crippen molar-refractivity contribution < 1.29 is 23.5 Å². The van der Waals surface area contributed by atoms with Gasteiger partial charge in [-0.2, -0.15) is 0 Å². The van der Waals surface area contributed by atoms with Crippen molar-refractivity contribution in [2.45, 2.75) is 12.8 Å². The first-order chi connectivity index (χ1) is 16.0. The van der Waals surface area contributed by atoms with Crippen LogP contribution in [0.15, 0.2) is 42.5 Å². The first-order valence-corrected chi connectivity index (χ1v) is 11.3. The van der Waals surface area contributed by atoms with Crippen LogP contribution in [-0.2, 0) is 4.79 Å². The fraction of sp³-hybridized carbons (Fsp3) is 0.440. The molecule has 0 unspecified atom stereocenters. The van der Waals surface area contributed by atoms with Crippen molar-refractivity contribution in [3.63, 3.8) is 0 Å². The smallest absolute Gasteiger partial charge is 0.254 e. The number of amides is 2. The first-order valence-electron chi connectivity index (χ1n) is 11.3. The monoisotopic (exact) mass is 455 g/mol. The molecule has 2 aromatic carbocycles. The van der Waals surface area contributed by atoms with Gasteiger partial charge in [-0.3, -0.25) is 9.59 Å². The molecule has 33 heavy (non-hydrogen) atoms. The summed E-state index contributed by atoms with van der Waals surface area (Å²) in [5, 5.41) is 0. The number of halogens is 1. The molecular formula is C25H30FN3O4. The molecule has 2 aliphatic rings. The van der Waals surface area contributed by atoms with Crippen molar-refractivity contribution in [2.24, 2.45) is 5.92 Å². The van der Waals surface area contributed by atoms with E-state index in [0.717, 1.165) is 0 Å². The zero-order valence-electron chi connectivity index (χ0n) is 19.1. The van der Waals surface area contributed by atoms with Gasteiger partial charge in [0.2, 0.25) is 5.91 Å². The lowest BCUT2D eigenvalue weighted by Gasteiger charge is -2.39. The number of methoxy groups -OCH3 is 2. The number of ether oxygens (including phenoxy) is 2. The molecule has 0 radical (unpaired) electrons. The Kier molecular flexibility index (Phi) is 7.01. The number of rotatable bonds is 5. The molecule has 0 saturated carbocycles. The molecule has 2 heterocycles. The van der Waals surface area contributed by atoms with Crippen LogP contribution in [0, 0.1) is 11.7 Å². The Hall–Kier alpha value is -3.29. The van der Waals surface area contributed by atoms with Crippen LogP contribution >= 0.6 is 0 Å². The van der Waals surface area contributed by atoms with E-state index in [9.17, 15) is 14.0 Å². The van der Waals surface area contributed by atoms with Gasteiger partial charge in [-0.25, -0.2) is 4.39 Å². The summed E-state index contributed by atoms with van der Waals surface area (Å²) in [6.45, 7) is 3.45. The lowest BCUT2D eigenvalue weighted by atomic mass is 9.94. The van der Waals surface area contributed by atoms with E-state index < -0.39 is 0 Å². The van der Waals surface area contributed by atoms with Crippen molar-refractivity contribution in [3.05, 3.63) is 53.8 Å². The van der Waals surface area contributed by atoms with Gasteiger partial charge in [-0.05, 0) is 37.1 Å². The average molecular weight is 456 g/mol. The SMILES string of the molecule is COc1cc(OC)cc(C(=O)N2CCC(C(=O)N3CCN(c4ccccc4F)CC3)CC2)c1. The second-order valence-corrected chi connectivity index (χ2v) is 8.43. The number of likely N-dealkylation sites (tertiary alicyclic amines) is 1. The van der Waals surface area contributed by atoms with E-state index in [1.54, 1.807) is 49.5 Å². The summed E-state index contributed by atoms with van der Waals surface area (Å²) in [7, 11) is 3.10. The topological polar surface area (TPSA) is 62.3 Å². The molecule has 2 fully saturated rings. The minimum Gasteiger partial charge on any atom is -0.497 e. The van der Waals surface area contributed by atoms with Gasteiger partial charge in [0, 0.05) is 56.8 Å². The number of benzene rings is 2. The normalized spacial score (nSPS) is 17.1. The van der Waals surface area contributed by atoms with Gasteiger partial charge < -0.3 is 24.2 Å². The van der Waals surface area contributed by atoms with Crippen molar-refractivity contribution in [2.75, 3.05) is 58.4 Å². The summed E-state index contributed by atoms with van der Waals surface area (Å²) in [5.74, 6) is 0.862. The third kappa shape index (κ3) is 5.05. The van der Waals surface area contributed by atoms with Crippen LogP contribution < -0.4 is 14.4 Å². The molecule has 0 aromatic heterocycles. The fourth-order valence-electron chi connectivity index (χ4n) is 4.58. The van der Waals surface area contributed by atoms with Gasteiger partial charge in [0.15, 0.2) is 0 Å². The second-order valence-electron chi connectivity index (χ2n) is 8.43. The first kappa shape index (κ1) is 22.9. The summed E-state index contributed by atoms with van der Waals surface area (Å²) in [6.07, 6.45) is 1.28. The lowest BCUT2D eigenvalue weighted by molar-refractivity contribution is -0.137. The van der Waals surface area contributed by atoms with Crippen LogP contribution in [0.1, 0.15) is 23.2 Å². The summed E-state index contributed by atoms with van der Waals surface area (Å²) in [5.41, 5.74) is 1.10. The molecule has 2 saturated heterocycles. The van der Waals surface area contributed by atoms with Crippen LogP contribution in [0.3, 0.4) is 0 Å². The Morgan fingerprint density at radius 2 is 1.45 bits per heavy atom. The van der Waals surface area contributed by atoms with Crippen LogP contribution in [0.5, 0.6) is 11.5 Å². The number of para-hydroxylation sites is 1. The largest absolute Gasteiger partial charge is 0.497 e. The summed E-state index contributed by atoms with van der Waals surface area (Å²) in [4.78, 5) is 31.7. The van der Waals surface area contributed by atoms with Gasteiger partial charge in [0.1, 0.15) is 17.3 Å². The molecule has 2 aromatic rings. The van der Waals surface area contributed by atoms with Crippen molar-refractivity contribution >= 4 is 17.5 Å². The van der Waals surface area contributed by atoms with Crippen molar-refractivity contribution in [3.8, 4) is 11.5 Å². The van der Waals surface area contributed by atoms with Gasteiger partial charge in [0.05, 0.1) is 19.9 Å². The quantitative estimate of drug-likeness (QED) is 0.694. The minimum atomic E-state index is -0.233. The zero-order valence-corrected chi connectivity index (χ0v) is 19.1. The molecule has 8 heteroatoms. The predicted octanol–water partition coefficient (Wildman–Crippen LogP) is 3.04. The second kappa shape index (κ2) is 10.1. The molecule has 176 valence electrons. The molecular weight excluding hydrogens is 425 g/mol. The Morgan fingerprint density at radius 1 is 0.848 bits per heavy atom. The highest BCUT2D eigenvalue weighted by Crippen LogP contribution is 2.27. The molecule has 0 bridgehead atoms. The van der Waals surface area contributed by atoms with Crippen molar-refractivity contribution in [1.82, 2.24) is 9.80 Å². The van der Waals surface area contributed by atoms with Crippen molar-refractivity contribution in [1.29, 1.82) is 0 Å². The summed E-state index contributed by atoms with van der Waals surface area (Å²) < 4.78 is 24.6. The lowest BCUT2D eigenvalue weighted by Crippen LogP contribution is -2.52. The third-order valence-electron chi connectivity index (χ3n) is 6.51. The summed E-state index contributed by atoms with van der Waals surface area (Å²) >= 11 is 0. The predicted molar refractivity (Wildman–Crippen MR) is 123 cm³/mol. The van der Waals surface area contributed by atoms with E-state index in [4.69, 9.17) is 9.47 Å². The number of hydrogen-bond donors (Lipinski definition) is 0. The number of hydrogen-bond acceptors (Lipinski definition) is 5. The molecule has 0 aliphatic carbocycles. The number of nitrogens with zero attached hydrogens (tertiary/aromatic N) is 3. The standard InChI is InChI=1S/C25H30FN3O4/c1-32-20-15-19(16-21(17-20)33-2)25(31)28-9-7-18(8-10-28)24(30)29-13-11-27(12-14-29)23-6-4-3-5-22(23)26/h3-6,15-18H,7-14H2,1-2H3. The van der Waals surface area contributed by atoms with Crippen LogP contribution in [0.4, 0.5) is 10.1 Å². The van der Waals surface area contributed by atoms with Gasteiger partial charge >= 0.3 is 0 Å². The van der Waals surface area contributed by atoms with E-state index in [0.29, 0.717) is 74.9 Å². The molecule has 0 spiro atoms. The molecule has 7 nitrogen and oxygen atoms in total. The highest BCUT2D eigenvalue weighted by atomic mass is 19.1. The van der Waals surface area contributed by atoms with E-state index in [1.165, 1.54) is 6.07 Å². The Morgan fingerprint density at radius 3 is 2.03 bits per heavy atom. The minimum absolute atomic E-state index is 0.0865.